The molecule has 0 unspecified atom stereocenters. The lowest BCUT2D eigenvalue weighted by atomic mass is 10.2. The lowest BCUT2D eigenvalue weighted by Crippen LogP contribution is -2.49. The van der Waals surface area contributed by atoms with Crippen molar-refractivity contribution in [2.45, 2.75) is 4.90 Å². The maximum Gasteiger partial charge on any atom is 0.254 e. The molecule has 1 aromatic heterocycles. The molecule has 138 valence electrons. The number of halogens is 2. The topological polar surface area (TPSA) is 70.6 Å². The highest BCUT2D eigenvalue weighted by Gasteiger charge is 2.24. The second kappa shape index (κ2) is 7.42. The number of rotatable bonds is 3. The van der Waals surface area contributed by atoms with E-state index < -0.39 is 9.84 Å². The third-order valence-electron chi connectivity index (χ3n) is 4.16. The van der Waals surface area contributed by atoms with Gasteiger partial charge in [0.15, 0.2) is 9.84 Å². The van der Waals surface area contributed by atoms with Crippen molar-refractivity contribution in [3.63, 3.8) is 0 Å². The second-order valence-corrected chi connectivity index (χ2v) is 8.90. The predicted molar refractivity (Wildman–Crippen MR) is 102 cm³/mol. The molecule has 0 atom stereocenters. The molecule has 2 heterocycles. The van der Waals surface area contributed by atoms with E-state index in [1.54, 1.807) is 23.1 Å². The molecule has 1 fully saturated rings. The standard InChI is InChI=1S/C17H17Cl2N3O3S/c1-26(24,25)14-4-2-3-12(9-14)17(23)22-7-5-21(6-8-22)16-15(19)10-13(18)11-20-16/h2-4,9-11H,5-8H2,1H3. The van der Waals surface area contributed by atoms with Crippen LogP contribution in [-0.2, 0) is 9.84 Å². The third kappa shape index (κ3) is 4.11. The van der Waals surface area contributed by atoms with Crippen molar-refractivity contribution in [3.05, 3.63) is 52.1 Å². The summed E-state index contributed by atoms with van der Waals surface area (Å²) in [5.41, 5.74) is 0.365. The molecule has 0 bridgehead atoms. The van der Waals surface area contributed by atoms with E-state index in [1.807, 2.05) is 4.90 Å². The minimum absolute atomic E-state index is 0.138. The molecule has 1 saturated heterocycles. The van der Waals surface area contributed by atoms with Crippen molar-refractivity contribution < 1.29 is 13.2 Å². The molecule has 0 aliphatic carbocycles. The molecular weight excluding hydrogens is 397 g/mol. The van der Waals surface area contributed by atoms with Gasteiger partial charge in [0.25, 0.3) is 5.91 Å². The van der Waals surface area contributed by atoms with Crippen LogP contribution in [0.4, 0.5) is 5.82 Å². The van der Waals surface area contributed by atoms with Crippen molar-refractivity contribution >= 4 is 44.8 Å². The van der Waals surface area contributed by atoms with Gasteiger partial charge in [0.05, 0.1) is 14.9 Å². The summed E-state index contributed by atoms with van der Waals surface area (Å²) in [6.45, 7) is 2.13. The summed E-state index contributed by atoms with van der Waals surface area (Å²) < 4.78 is 23.4. The van der Waals surface area contributed by atoms with Crippen LogP contribution in [0.3, 0.4) is 0 Å². The summed E-state index contributed by atoms with van der Waals surface area (Å²) >= 11 is 12.1. The van der Waals surface area contributed by atoms with Gasteiger partial charge in [-0.25, -0.2) is 13.4 Å². The Balaban J connectivity index is 1.71. The first-order valence-corrected chi connectivity index (χ1v) is 10.6. The molecule has 0 N–H and O–H groups in total. The van der Waals surface area contributed by atoms with E-state index in [0.29, 0.717) is 47.6 Å². The van der Waals surface area contributed by atoms with Crippen molar-refractivity contribution in [1.29, 1.82) is 0 Å². The molecule has 0 saturated carbocycles. The normalized spacial score (nSPS) is 15.2. The lowest BCUT2D eigenvalue weighted by Gasteiger charge is -2.35. The number of carbonyl (C=O) groups is 1. The fourth-order valence-electron chi connectivity index (χ4n) is 2.80. The summed E-state index contributed by atoms with van der Waals surface area (Å²) in [6.07, 6.45) is 2.66. The number of amides is 1. The molecule has 26 heavy (non-hydrogen) atoms. The predicted octanol–water partition coefficient (Wildman–Crippen LogP) is 2.75. The maximum absolute atomic E-state index is 12.7. The van der Waals surface area contributed by atoms with E-state index in [1.165, 1.54) is 18.3 Å². The monoisotopic (exact) mass is 413 g/mol. The van der Waals surface area contributed by atoms with Crippen LogP contribution >= 0.6 is 23.2 Å². The minimum Gasteiger partial charge on any atom is -0.352 e. The van der Waals surface area contributed by atoms with E-state index in [4.69, 9.17) is 23.2 Å². The van der Waals surface area contributed by atoms with Gasteiger partial charge >= 0.3 is 0 Å². The van der Waals surface area contributed by atoms with Gasteiger partial charge in [-0.15, -0.1) is 0 Å². The van der Waals surface area contributed by atoms with Crippen LogP contribution in [0.15, 0.2) is 41.4 Å². The number of hydrogen-bond donors (Lipinski definition) is 0. The SMILES string of the molecule is CS(=O)(=O)c1cccc(C(=O)N2CCN(c3ncc(Cl)cc3Cl)CC2)c1. The summed E-state index contributed by atoms with van der Waals surface area (Å²) in [4.78, 5) is 20.8. The second-order valence-electron chi connectivity index (χ2n) is 6.04. The zero-order valence-corrected chi connectivity index (χ0v) is 16.4. The highest BCUT2D eigenvalue weighted by atomic mass is 35.5. The number of hydrogen-bond acceptors (Lipinski definition) is 5. The first kappa shape index (κ1) is 18.9. The molecule has 2 aromatic rings. The molecule has 9 heteroatoms. The average Bonchev–Trinajstić information content (AvgIpc) is 2.61. The minimum atomic E-state index is -3.36. The first-order valence-electron chi connectivity index (χ1n) is 7.91. The Labute approximate surface area is 162 Å². The number of nitrogens with zero attached hydrogens (tertiary/aromatic N) is 3. The van der Waals surface area contributed by atoms with Gasteiger partial charge in [-0.3, -0.25) is 4.79 Å². The Morgan fingerprint density at radius 2 is 1.81 bits per heavy atom. The Morgan fingerprint density at radius 1 is 1.12 bits per heavy atom. The molecule has 1 aliphatic rings. The number of anilines is 1. The van der Waals surface area contributed by atoms with Gasteiger partial charge in [-0.1, -0.05) is 29.3 Å². The van der Waals surface area contributed by atoms with Gasteiger partial charge in [0, 0.05) is 44.2 Å². The Morgan fingerprint density at radius 3 is 2.42 bits per heavy atom. The maximum atomic E-state index is 12.7. The van der Waals surface area contributed by atoms with Gasteiger partial charge < -0.3 is 9.80 Å². The van der Waals surface area contributed by atoms with Crippen LogP contribution in [0.5, 0.6) is 0 Å². The number of piperazine rings is 1. The number of aromatic nitrogens is 1. The largest absolute Gasteiger partial charge is 0.352 e. The van der Waals surface area contributed by atoms with Crippen LogP contribution in [0.2, 0.25) is 10.0 Å². The zero-order valence-electron chi connectivity index (χ0n) is 14.0. The number of pyridine rings is 1. The van der Waals surface area contributed by atoms with E-state index in [9.17, 15) is 13.2 Å². The molecule has 3 rings (SSSR count). The summed E-state index contributed by atoms with van der Waals surface area (Å²) in [5, 5.41) is 0.941. The quantitative estimate of drug-likeness (QED) is 0.773. The fourth-order valence-corrected chi connectivity index (χ4v) is 3.97. The lowest BCUT2D eigenvalue weighted by molar-refractivity contribution is 0.0746. The Kier molecular flexibility index (Phi) is 5.41. The molecule has 6 nitrogen and oxygen atoms in total. The van der Waals surface area contributed by atoms with Crippen molar-refractivity contribution in [1.82, 2.24) is 9.88 Å². The zero-order chi connectivity index (χ0) is 18.9. The Hall–Kier alpha value is -1.83. The molecular formula is C17H17Cl2N3O3S. The van der Waals surface area contributed by atoms with Crippen LogP contribution in [0.25, 0.3) is 0 Å². The molecule has 1 aliphatic heterocycles. The first-order chi connectivity index (χ1) is 12.3. The summed E-state index contributed by atoms with van der Waals surface area (Å²) in [7, 11) is -3.36. The van der Waals surface area contributed by atoms with Crippen molar-refractivity contribution in [3.8, 4) is 0 Å². The number of sulfone groups is 1. The molecule has 0 radical (unpaired) electrons. The Bertz CT molecular complexity index is 942. The molecule has 0 spiro atoms. The summed E-state index contributed by atoms with van der Waals surface area (Å²) in [6, 6.07) is 7.75. The molecule has 1 aromatic carbocycles. The summed E-state index contributed by atoms with van der Waals surface area (Å²) in [5.74, 6) is 0.451. The van der Waals surface area contributed by atoms with Crippen LogP contribution < -0.4 is 4.90 Å². The van der Waals surface area contributed by atoms with Crippen molar-refractivity contribution in [2.75, 3.05) is 37.3 Å². The van der Waals surface area contributed by atoms with Gasteiger partial charge in [0.2, 0.25) is 0 Å². The number of carbonyl (C=O) groups excluding carboxylic acids is 1. The van der Waals surface area contributed by atoms with E-state index in [-0.39, 0.29) is 10.8 Å². The molecule has 1 amide bonds. The van der Waals surface area contributed by atoms with Crippen LogP contribution in [0, 0.1) is 0 Å². The average molecular weight is 414 g/mol. The fraction of sp³-hybridized carbons (Fsp3) is 0.294. The van der Waals surface area contributed by atoms with Gasteiger partial charge in [-0.05, 0) is 24.3 Å². The van der Waals surface area contributed by atoms with Gasteiger partial charge in [-0.2, -0.15) is 0 Å². The highest BCUT2D eigenvalue weighted by molar-refractivity contribution is 7.90. The van der Waals surface area contributed by atoms with Crippen LogP contribution in [0.1, 0.15) is 10.4 Å². The highest BCUT2D eigenvalue weighted by Crippen LogP contribution is 2.27. The van der Waals surface area contributed by atoms with E-state index in [2.05, 4.69) is 4.98 Å². The van der Waals surface area contributed by atoms with Gasteiger partial charge in [0.1, 0.15) is 5.82 Å². The number of benzene rings is 1. The van der Waals surface area contributed by atoms with E-state index in [0.717, 1.165) is 6.26 Å². The van der Waals surface area contributed by atoms with Crippen molar-refractivity contribution in [2.24, 2.45) is 0 Å². The third-order valence-corrected chi connectivity index (χ3v) is 5.76. The van der Waals surface area contributed by atoms with E-state index >= 15 is 0 Å². The van der Waals surface area contributed by atoms with Crippen LogP contribution in [-0.4, -0.2) is 56.6 Å². The smallest absolute Gasteiger partial charge is 0.254 e.